The minimum absolute atomic E-state index is 0. The summed E-state index contributed by atoms with van der Waals surface area (Å²) in [5.41, 5.74) is 5.74. The number of aryl methyl sites for hydroxylation is 2. The Morgan fingerprint density at radius 2 is 1.26 bits per heavy atom. The number of amides is 2. The zero-order chi connectivity index (χ0) is 39.8. The van der Waals surface area contributed by atoms with Crippen LogP contribution in [0.5, 0.6) is 0 Å². The Morgan fingerprint density at radius 3 is 1.75 bits per heavy atom. The summed E-state index contributed by atoms with van der Waals surface area (Å²) in [4.78, 5) is 53.0. The van der Waals surface area contributed by atoms with Crippen molar-refractivity contribution in [3.8, 4) is 0 Å². The molecule has 3 heterocycles. The number of H-pyrrole nitrogens is 1. The molecule has 0 spiro atoms. The molecule has 0 saturated carbocycles. The van der Waals surface area contributed by atoms with Crippen LogP contribution in [-0.2, 0) is 16.0 Å². The molecular formula is C42H47Br2N7O6. The number of ether oxygens (including phenoxy) is 2. The average Bonchev–Trinajstić information content (AvgIpc) is 3.68. The third-order valence-corrected chi connectivity index (χ3v) is 10.6. The minimum atomic E-state index is -0.399. The van der Waals surface area contributed by atoms with E-state index in [0.29, 0.717) is 38.0 Å². The molecule has 0 aliphatic heterocycles. The summed E-state index contributed by atoms with van der Waals surface area (Å²) in [5.74, 6) is -1.32. The van der Waals surface area contributed by atoms with Crippen LogP contribution < -0.4 is 10.6 Å². The van der Waals surface area contributed by atoms with Crippen molar-refractivity contribution in [2.75, 3.05) is 14.2 Å². The smallest absolute Gasteiger partial charge is 0.337 e. The predicted octanol–water partition coefficient (Wildman–Crippen LogP) is 8.86. The van der Waals surface area contributed by atoms with Crippen LogP contribution in [-0.4, -0.2) is 62.9 Å². The summed E-state index contributed by atoms with van der Waals surface area (Å²) in [7, 11) is 2.68. The Bertz CT molecular complexity index is 2340. The Morgan fingerprint density at radius 1 is 0.754 bits per heavy atom. The van der Waals surface area contributed by atoms with Crippen LogP contribution in [0.1, 0.15) is 111 Å². The van der Waals surface area contributed by atoms with Crippen LogP contribution in [0.2, 0.25) is 0 Å². The van der Waals surface area contributed by atoms with Gasteiger partial charge in [-0.25, -0.2) is 9.59 Å². The first kappa shape index (κ1) is 45.7. The van der Waals surface area contributed by atoms with Crippen LogP contribution in [0.4, 0.5) is 0 Å². The molecule has 0 bridgehead atoms. The van der Waals surface area contributed by atoms with E-state index in [2.05, 4.69) is 67.5 Å². The number of hydrogen-bond acceptors (Lipinski definition) is 9. The molecule has 0 saturated heterocycles. The normalized spacial score (nSPS) is 11.4. The molecule has 13 nitrogen and oxygen atoms in total. The first-order valence-electron chi connectivity index (χ1n) is 17.1. The summed E-state index contributed by atoms with van der Waals surface area (Å²) < 4.78 is 12.3. The van der Waals surface area contributed by atoms with Crippen molar-refractivity contribution in [2.24, 2.45) is 0 Å². The van der Waals surface area contributed by atoms with Crippen LogP contribution in [0.3, 0.4) is 0 Å². The molecule has 3 aromatic carbocycles. The minimum Gasteiger partial charge on any atom is -0.465 e. The molecule has 0 aliphatic rings. The Hall–Kier alpha value is -5.67. The van der Waals surface area contributed by atoms with Gasteiger partial charge in [-0.1, -0.05) is 63.4 Å². The maximum Gasteiger partial charge on any atom is 0.337 e. The van der Waals surface area contributed by atoms with Crippen molar-refractivity contribution in [3.05, 3.63) is 145 Å². The number of benzene rings is 3. The number of aromatic nitrogens is 5. The van der Waals surface area contributed by atoms with Crippen molar-refractivity contribution in [1.82, 2.24) is 35.6 Å². The quantitative estimate of drug-likeness (QED) is 0.114. The van der Waals surface area contributed by atoms with E-state index in [1.54, 1.807) is 53.2 Å². The molecule has 15 heteroatoms. The van der Waals surface area contributed by atoms with Crippen LogP contribution in [0.25, 0.3) is 10.8 Å². The van der Waals surface area contributed by atoms with Gasteiger partial charge in [0.15, 0.2) is 5.69 Å². The highest BCUT2D eigenvalue weighted by Crippen LogP contribution is 2.24. The summed E-state index contributed by atoms with van der Waals surface area (Å²) in [6.07, 6.45) is 1.83. The summed E-state index contributed by atoms with van der Waals surface area (Å²) in [5, 5.41) is 19.3. The number of nitrogens with one attached hydrogen (secondary N) is 3. The van der Waals surface area contributed by atoms with Gasteiger partial charge < -0.3 is 20.1 Å². The summed E-state index contributed by atoms with van der Waals surface area (Å²) in [6.45, 7) is 7.78. The van der Waals surface area contributed by atoms with Gasteiger partial charge >= 0.3 is 11.9 Å². The van der Waals surface area contributed by atoms with E-state index in [9.17, 15) is 19.2 Å². The second-order valence-electron chi connectivity index (χ2n) is 12.6. The van der Waals surface area contributed by atoms with E-state index in [1.165, 1.54) is 14.2 Å². The SMILES string of the molecule is C.C.COC(=O)c1ccc([C@H](C)NC(=O)c2c(Br)c(C)nn2Cc2cc3ccccc3cn2)cc1.COC(=O)c1ccc([C@H](C)NC(=O)c2n[nH]c(C)c2Br)cc1. The number of aromatic amines is 1. The fourth-order valence-corrected chi connectivity index (χ4v) is 6.40. The number of methoxy groups -OCH3 is 2. The second kappa shape index (κ2) is 20.5. The lowest BCUT2D eigenvalue weighted by Crippen LogP contribution is -2.29. The lowest BCUT2D eigenvalue weighted by Gasteiger charge is -2.16. The third kappa shape index (κ3) is 11.0. The second-order valence-corrected chi connectivity index (χ2v) is 14.1. The Balaban J connectivity index is 0.000000318. The van der Waals surface area contributed by atoms with Gasteiger partial charge in [-0.2, -0.15) is 10.2 Å². The highest BCUT2D eigenvalue weighted by Gasteiger charge is 2.23. The lowest BCUT2D eigenvalue weighted by atomic mass is 10.1. The van der Waals surface area contributed by atoms with Crippen LogP contribution in [0.15, 0.2) is 94.0 Å². The largest absolute Gasteiger partial charge is 0.465 e. The number of esters is 2. The molecule has 0 fully saturated rings. The Kier molecular flexibility index (Phi) is 16.4. The first-order valence-corrected chi connectivity index (χ1v) is 18.6. The number of fused-ring (bicyclic) bond motifs is 1. The van der Waals surface area contributed by atoms with Gasteiger partial charge in [0.25, 0.3) is 11.8 Å². The molecule has 0 radical (unpaired) electrons. The number of carbonyl (C=O) groups is 4. The third-order valence-electron chi connectivity index (χ3n) is 8.72. The monoisotopic (exact) mass is 903 g/mol. The van der Waals surface area contributed by atoms with Gasteiger partial charge in [-0.05, 0) is 106 Å². The van der Waals surface area contributed by atoms with Crippen molar-refractivity contribution >= 4 is 66.4 Å². The lowest BCUT2D eigenvalue weighted by molar-refractivity contribution is 0.0592. The maximum atomic E-state index is 13.2. The number of hydrogen-bond donors (Lipinski definition) is 3. The topological polar surface area (TPSA) is 170 Å². The summed E-state index contributed by atoms with van der Waals surface area (Å²) in [6, 6.07) is 23.4. The van der Waals surface area contributed by atoms with Gasteiger partial charge in [0, 0.05) is 17.3 Å². The number of halogens is 2. The van der Waals surface area contributed by atoms with Crippen LogP contribution >= 0.6 is 31.9 Å². The van der Waals surface area contributed by atoms with Gasteiger partial charge in [-0.3, -0.25) is 24.4 Å². The zero-order valence-corrected chi connectivity index (χ0v) is 34.1. The van der Waals surface area contributed by atoms with Gasteiger partial charge in [0.05, 0.1) is 64.3 Å². The molecule has 2 amide bonds. The summed E-state index contributed by atoms with van der Waals surface area (Å²) >= 11 is 6.84. The van der Waals surface area contributed by atoms with Crippen molar-refractivity contribution < 1.29 is 28.7 Å². The fourth-order valence-electron chi connectivity index (χ4n) is 5.57. The molecule has 6 aromatic rings. The molecule has 3 aromatic heterocycles. The number of nitrogens with zero attached hydrogens (tertiary/aromatic N) is 4. The average molecular weight is 906 g/mol. The van der Waals surface area contributed by atoms with E-state index in [-0.39, 0.29) is 44.7 Å². The highest BCUT2D eigenvalue weighted by molar-refractivity contribution is 9.11. The van der Waals surface area contributed by atoms with Crippen LogP contribution in [0, 0.1) is 13.8 Å². The standard InChI is InChI=1S/C25H23BrN4O3.C15H16BrN3O3.2CH4/c1-15(17-8-10-18(11-9-17)25(32)33-3)28-24(31)23-22(26)16(2)29-30(23)14-21-12-19-6-4-5-7-20(19)13-27-21;1-8(10-4-6-11(7-5-10)15(21)22-3)17-14(20)13-12(16)9(2)18-19-13;;/h4-13,15H,14H2,1-3H3,(H,28,31);4-8H,1-3H3,(H,17,20)(H,18,19);2*1H4/t15-;8-;;/m00../s1. The highest BCUT2D eigenvalue weighted by atomic mass is 79.9. The van der Waals surface area contributed by atoms with Crippen molar-refractivity contribution in [3.63, 3.8) is 0 Å². The molecule has 57 heavy (non-hydrogen) atoms. The first-order chi connectivity index (χ1) is 26.3. The molecular weight excluding hydrogens is 858 g/mol. The van der Waals surface area contributed by atoms with E-state index >= 15 is 0 Å². The van der Waals surface area contributed by atoms with E-state index in [0.717, 1.165) is 39.0 Å². The number of carbonyl (C=O) groups excluding carboxylic acids is 4. The predicted molar refractivity (Wildman–Crippen MR) is 227 cm³/mol. The number of rotatable bonds is 10. The van der Waals surface area contributed by atoms with E-state index in [4.69, 9.17) is 4.74 Å². The zero-order valence-electron chi connectivity index (χ0n) is 30.9. The molecule has 2 atom stereocenters. The maximum absolute atomic E-state index is 13.2. The molecule has 300 valence electrons. The van der Waals surface area contributed by atoms with Gasteiger partial charge in [-0.15, -0.1) is 0 Å². The number of pyridine rings is 1. The molecule has 0 unspecified atom stereocenters. The van der Waals surface area contributed by atoms with Gasteiger partial charge in [0.2, 0.25) is 0 Å². The van der Waals surface area contributed by atoms with E-state index < -0.39 is 5.97 Å². The van der Waals surface area contributed by atoms with E-state index in [1.807, 2.05) is 64.2 Å². The molecule has 6 rings (SSSR count). The van der Waals surface area contributed by atoms with Gasteiger partial charge in [0.1, 0.15) is 5.69 Å². The molecule has 0 aliphatic carbocycles. The van der Waals surface area contributed by atoms with Crippen molar-refractivity contribution in [2.45, 2.75) is 61.2 Å². The Labute approximate surface area is 349 Å². The van der Waals surface area contributed by atoms with Crippen molar-refractivity contribution in [1.29, 1.82) is 0 Å². The fraction of sp³-hybridized carbons (Fsp3) is 0.262. The molecule has 3 N–H and O–H groups in total.